The molecule has 0 saturated carbocycles. The Kier molecular flexibility index (Phi) is 6.62. The molecule has 0 unspecified atom stereocenters. The Morgan fingerprint density at radius 1 is 1.27 bits per heavy atom. The van der Waals surface area contributed by atoms with Crippen molar-refractivity contribution in [3.8, 4) is 5.75 Å². The highest BCUT2D eigenvalue weighted by Gasteiger charge is 2.33. The summed E-state index contributed by atoms with van der Waals surface area (Å²) in [6.07, 6.45) is 1.76. The molecular formula is C24H20BrFN2O4S. The fraction of sp³-hybridized carbons (Fsp3) is 0.208. The van der Waals surface area contributed by atoms with E-state index in [0.717, 1.165) is 10.0 Å². The number of hydrogen-bond donors (Lipinski definition) is 0. The first-order chi connectivity index (χ1) is 15.8. The van der Waals surface area contributed by atoms with Crippen molar-refractivity contribution < 1.29 is 18.7 Å². The van der Waals surface area contributed by atoms with Crippen LogP contribution in [0, 0.1) is 5.82 Å². The molecule has 2 aromatic carbocycles. The molecule has 1 aliphatic rings. The van der Waals surface area contributed by atoms with Gasteiger partial charge >= 0.3 is 5.97 Å². The van der Waals surface area contributed by atoms with E-state index in [9.17, 15) is 14.0 Å². The highest BCUT2D eigenvalue weighted by molar-refractivity contribution is 9.10. The summed E-state index contributed by atoms with van der Waals surface area (Å²) in [5.41, 5.74) is 1.81. The van der Waals surface area contributed by atoms with Gasteiger partial charge in [0, 0.05) is 0 Å². The second-order valence-electron chi connectivity index (χ2n) is 7.25. The smallest absolute Gasteiger partial charge is 0.338 e. The fourth-order valence-corrected chi connectivity index (χ4v) is 5.28. The lowest BCUT2D eigenvalue weighted by Gasteiger charge is -2.24. The minimum absolute atomic E-state index is 0.183. The Morgan fingerprint density at radius 2 is 2.00 bits per heavy atom. The molecule has 0 saturated heterocycles. The van der Waals surface area contributed by atoms with Crippen LogP contribution in [0.3, 0.4) is 0 Å². The number of thiazole rings is 1. The lowest BCUT2D eigenvalue weighted by molar-refractivity contribution is -0.139. The van der Waals surface area contributed by atoms with Crippen molar-refractivity contribution in [2.45, 2.75) is 19.9 Å². The van der Waals surface area contributed by atoms with Gasteiger partial charge in [0.1, 0.15) is 11.6 Å². The Bertz CT molecular complexity index is 1440. The Balaban J connectivity index is 1.93. The standard InChI is InChI=1S/C24H20BrFN2O4S/c1-4-32-23(30)20-13(2)27-24-28(21(20)15-6-8-16(26)9-7-15)22(29)19(33-24)12-14-5-10-18(31-3)17(25)11-14/h5-12,21H,4H2,1-3H3/b19-12-/t21-/m1/s1. The van der Waals surface area contributed by atoms with E-state index in [4.69, 9.17) is 9.47 Å². The first-order valence-electron chi connectivity index (χ1n) is 10.1. The van der Waals surface area contributed by atoms with Crippen LogP contribution in [0.25, 0.3) is 6.08 Å². The summed E-state index contributed by atoms with van der Waals surface area (Å²) in [5.74, 6) is -0.282. The minimum atomic E-state index is -0.773. The number of nitrogens with zero attached hydrogens (tertiary/aromatic N) is 2. The van der Waals surface area contributed by atoms with Crippen molar-refractivity contribution in [3.63, 3.8) is 0 Å². The van der Waals surface area contributed by atoms with Gasteiger partial charge in [-0.15, -0.1) is 0 Å². The van der Waals surface area contributed by atoms with E-state index in [2.05, 4.69) is 20.9 Å². The van der Waals surface area contributed by atoms with Gasteiger partial charge in [-0.2, -0.15) is 0 Å². The summed E-state index contributed by atoms with van der Waals surface area (Å²) in [4.78, 5) is 31.3. The van der Waals surface area contributed by atoms with Crippen molar-refractivity contribution in [1.82, 2.24) is 4.57 Å². The molecule has 2 heterocycles. The van der Waals surface area contributed by atoms with Crippen LogP contribution >= 0.6 is 27.3 Å². The lowest BCUT2D eigenvalue weighted by atomic mass is 9.96. The summed E-state index contributed by atoms with van der Waals surface area (Å²) in [5, 5.41) is 0. The average molecular weight is 531 g/mol. The van der Waals surface area contributed by atoms with Crippen molar-refractivity contribution in [2.24, 2.45) is 4.99 Å². The number of esters is 1. The van der Waals surface area contributed by atoms with E-state index in [1.807, 2.05) is 12.1 Å². The predicted octanol–water partition coefficient (Wildman–Crippen LogP) is 3.71. The molecular weight excluding hydrogens is 511 g/mol. The summed E-state index contributed by atoms with van der Waals surface area (Å²) in [6.45, 7) is 3.60. The molecule has 0 N–H and O–H groups in total. The molecule has 1 aliphatic heterocycles. The van der Waals surface area contributed by atoms with E-state index in [1.165, 1.54) is 28.0 Å². The Morgan fingerprint density at radius 3 is 2.64 bits per heavy atom. The molecule has 9 heteroatoms. The lowest BCUT2D eigenvalue weighted by Crippen LogP contribution is -2.39. The first-order valence-corrected chi connectivity index (χ1v) is 11.7. The number of ether oxygens (including phenoxy) is 2. The van der Waals surface area contributed by atoms with Crippen LogP contribution in [0.15, 0.2) is 68.0 Å². The second kappa shape index (κ2) is 9.44. The molecule has 1 aromatic heterocycles. The molecule has 33 heavy (non-hydrogen) atoms. The van der Waals surface area contributed by atoms with Crippen molar-refractivity contribution in [1.29, 1.82) is 0 Å². The van der Waals surface area contributed by atoms with Gasteiger partial charge in [-0.1, -0.05) is 29.5 Å². The predicted molar refractivity (Wildman–Crippen MR) is 127 cm³/mol. The van der Waals surface area contributed by atoms with Gasteiger partial charge in [0.15, 0.2) is 4.80 Å². The topological polar surface area (TPSA) is 69.9 Å². The molecule has 0 aliphatic carbocycles. The number of hydrogen-bond acceptors (Lipinski definition) is 6. The molecule has 0 spiro atoms. The number of aromatic nitrogens is 1. The molecule has 0 radical (unpaired) electrons. The summed E-state index contributed by atoms with van der Waals surface area (Å²) < 4.78 is 26.8. The van der Waals surface area contributed by atoms with E-state index in [1.54, 1.807) is 45.2 Å². The maximum Gasteiger partial charge on any atom is 0.338 e. The largest absolute Gasteiger partial charge is 0.496 e. The normalized spacial score (nSPS) is 15.8. The Labute approximate surface area is 201 Å². The monoisotopic (exact) mass is 530 g/mol. The third kappa shape index (κ3) is 4.43. The third-order valence-electron chi connectivity index (χ3n) is 5.18. The van der Waals surface area contributed by atoms with Gasteiger partial charge in [0.2, 0.25) is 0 Å². The zero-order valence-corrected chi connectivity index (χ0v) is 20.5. The highest BCUT2D eigenvalue weighted by atomic mass is 79.9. The van der Waals surface area contributed by atoms with Gasteiger partial charge in [-0.05, 0) is 71.2 Å². The Hall–Kier alpha value is -3.04. The third-order valence-corrected chi connectivity index (χ3v) is 6.78. The number of allylic oxidation sites excluding steroid dienone is 1. The van der Waals surface area contributed by atoms with Crippen LogP contribution in [0.2, 0.25) is 0 Å². The van der Waals surface area contributed by atoms with Crippen LogP contribution in [0.1, 0.15) is 31.0 Å². The van der Waals surface area contributed by atoms with E-state index < -0.39 is 17.8 Å². The van der Waals surface area contributed by atoms with Crippen LogP contribution in [-0.2, 0) is 9.53 Å². The molecule has 6 nitrogen and oxygen atoms in total. The van der Waals surface area contributed by atoms with Gasteiger partial charge in [-0.3, -0.25) is 9.36 Å². The number of rotatable bonds is 5. The van der Waals surface area contributed by atoms with Gasteiger partial charge in [0.25, 0.3) is 5.56 Å². The number of carbonyl (C=O) groups excluding carboxylic acids is 1. The molecule has 0 amide bonds. The molecule has 0 bridgehead atoms. The molecule has 170 valence electrons. The van der Waals surface area contributed by atoms with Crippen molar-refractivity contribution in [3.05, 3.63) is 94.8 Å². The van der Waals surface area contributed by atoms with E-state index >= 15 is 0 Å². The number of benzene rings is 2. The SMILES string of the molecule is CCOC(=O)C1=C(C)N=c2s/c(=C\c3ccc(OC)c(Br)c3)c(=O)n2[C@@H]1c1ccc(F)cc1. The van der Waals surface area contributed by atoms with Gasteiger partial charge in [-0.25, -0.2) is 14.2 Å². The number of halogens is 2. The van der Waals surface area contributed by atoms with Crippen molar-refractivity contribution in [2.75, 3.05) is 13.7 Å². The summed E-state index contributed by atoms with van der Waals surface area (Å²) in [7, 11) is 1.58. The van der Waals surface area contributed by atoms with Crippen LogP contribution < -0.4 is 19.6 Å². The zero-order chi connectivity index (χ0) is 23.7. The zero-order valence-electron chi connectivity index (χ0n) is 18.1. The number of methoxy groups -OCH3 is 1. The first kappa shape index (κ1) is 23.1. The summed E-state index contributed by atoms with van der Waals surface area (Å²) in [6, 6.07) is 10.5. The van der Waals surface area contributed by atoms with E-state index in [-0.39, 0.29) is 17.7 Å². The molecule has 0 fully saturated rings. The van der Waals surface area contributed by atoms with Crippen LogP contribution in [-0.4, -0.2) is 24.3 Å². The molecule has 4 rings (SSSR count). The van der Waals surface area contributed by atoms with Crippen LogP contribution in [0.4, 0.5) is 4.39 Å². The second-order valence-corrected chi connectivity index (χ2v) is 9.11. The maximum atomic E-state index is 13.6. The average Bonchev–Trinajstić information content (AvgIpc) is 3.08. The van der Waals surface area contributed by atoms with Crippen molar-refractivity contribution >= 4 is 39.3 Å². The molecule has 3 aromatic rings. The van der Waals surface area contributed by atoms with E-state index in [0.29, 0.717) is 26.3 Å². The highest BCUT2D eigenvalue weighted by Crippen LogP contribution is 2.31. The maximum absolute atomic E-state index is 13.6. The van der Waals surface area contributed by atoms with Crippen LogP contribution in [0.5, 0.6) is 5.75 Å². The summed E-state index contributed by atoms with van der Waals surface area (Å²) >= 11 is 4.68. The fourth-order valence-electron chi connectivity index (χ4n) is 3.68. The molecule has 1 atom stereocenters. The quantitative estimate of drug-likeness (QED) is 0.471. The minimum Gasteiger partial charge on any atom is -0.496 e. The number of fused-ring (bicyclic) bond motifs is 1. The number of carbonyl (C=O) groups is 1. The van der Waals surface area contributed by atoms with Gasteiger partial charge in [0.05, 0.1) is 40.0 Å². The van der Waals surface area contributed by atoms with Gasteiger partial charge < -0.3 is 9.47 Å².